The summed E-state index contributed by atoms with van der Waals surface area (Å²) in [4.78, 5) is 15.8. The Balaban J connectivity index is 1.44. The van der Waals surface area contributed by atoms with E-state index in [0.717, 1.165) is 32.0 Å². The van der Waals surface area contributed by atoms with Crippen LogP contribution in [0.25, 0.3) is 22.7 Å². The fourth-order valence-electron chi connectivity index (χ4n) is 4.35. The molecule has 31 heavy (non-hydrogen) atoms. The maximum absolute atomic E-state index is 10.6. The molecule has 0 atom stereocenters. The lowest BCUT2D eigenvalue weighted by atomic mass is 9.99. The van der Waals surface area contributed by atoms with Gasteiger partial charge in [-0.2, -0.15) is 20.0 Å². The molecule has 9 heteroatoms. The van der Waals surface area contributed by atoms with Gasteiger partial charge in [0.05, 0.1) is 23.8 Å². The minimum Gasteiger partial charge on any atom is -0.507 e. The number of phenols is 1. The number of fused-ring (bicyclic) bond motifs is 1. The van der Waals surface area contributed by atoms with Gasteiger partial charge in [0.15, 0.2) is 0 Å². The van der Waals surface area contributed by atoms with Crippen molar-refractivity contribution in [2.24, 2.45) is 0 Å². The number of aromatic hydroxyl groups is 1. The predicted molar refractivity (Wildman–Crippen MR) is 119 cm³/mol. The standard InChI is InChI=1S/C22H26N8O/c1-4-29-12-11-28(15-22(29,2)3)20-7-10-27-14-18(25-21(27)26-20)17-6-5-16(13-19(17)31)30-23-8-9-24-30/h5-10,13-14,31H,4,11-12,15H2,1-3H3. The Morgan fingerprint density at radius 1 is 1.06 bits per heavy atom. The van der Waals surface area contributed by atoms with Gasteiger partial charge in [-0.25, -0.2) is 4.98 Å². The molecular formula is C22H26N8O. The lowest BCUT2D eigenvalue weighted by Gasteiger charge is -2.47. The molecule has 5 rings (SSSR count). The first-order chi connectivity index (χ1) is 14.9. The largest absolute Gasteiger partial charge is 0.507 e. The van der Waals surface area contributed by atoms with E-state index in [0.29, 0.717) is 22.7 Å². The van der Waals surface area contributed by atoms with Crippen LogP contribution >= 0.6 is 0 Å². The molecule has 0 radical (unpaired) electrons. The van der Waals surface area contributed by atoms with Gasteiger partial charge in [-0.3, -0.25) is 9.30 Å². The van der Waals surface area contributed by atoms with Crippen molar-refractivity contribution in [3.63, 3.8) is 0 Å². The van der Waals surface area contributed by atoms with Crippen LogP contribution < -0.4 is 4.90 Å². The Hall–Kier alpha value is -3.46. The van der Waals surface area contributed by atoms with Gasteiger partial charge in [0.2, 0.25) is 5.78 Å². The summed E-state index contributed by atoms with van der Waals surface area (Å²) in [6.07, 6.45) is 7.05. The highest BCUT2D eigenvalue weighted by Crippen LogP contribution is 2.31. The molecule has 160 valence electrons. The van der Waals surface area contributed by atoms with Crippen molar-refractivity contribution >= 4 is 11.6 Å². The molecule has 4 heterocycles. The zero-order chi connectivity index (χ0) is 21.6. The van der Waals surface area contributed by atoms with E-state index in [1.54, 1.807) is 18.5 Å². The summed E-state index contributed by atoms with van der Waals surface area (Å²) in [5.74, 6) is 1.66. The molecule has 1 saturated heterocycles. The first-order valence-corrected chi connectivity index (χ1v) is 10.5. The van der Waals surface area contributed by atoms with E-state index in [9.17, 15) is 5.11 Å². The van der Waals surface area contributed by atoms with Gasteiger partial charge in [0, 0.05) is 49.2 Å². The molecule has 1 fully saturated rings. The molecule has 4 aromatic rings. The van der Waals surface area contributed by atoms with Crippen molar-refractivity contribution in [3.05, 3.63) is 49.1 Å². The number of imidazole rings is 1. The molecule has 9 nitrogen and oxygen atoms in total. The number of anilines is 1. The first kappa shape index (κ1) is 19.5. The smallest absolute Gasteiger partial charge is 0.236 e. The Labute approximate surface area is 180 Å². The number of nitrogens with zero attached hydrogens (tertiary/aromatic N) is 8. The fraction of sp³-hybridized carbons (Fsp3) is 0.364. The summed E-state index contributed by atoms with van der Waals surface area (Å²) in [6.45, 7) is 10.7. The molecule has 1 N–H and O–H groups in total. The molecule has 0 amide bonds. The highest BCUT2D eigenvalue weighted by Gasteiger charge is 2.33. The monoisotopic (exact) mass is 418 g/mol. The summed E-state index contributed by atoms with van der Waals surface area (Å²) in [6, 6.07) is 7.34. The lowest BCUT2D eigenvalue weighted by molar-refractivity contribution is 0.111. The van der Waals surface area contributed by atoms with E-state index >= 15 is 0 Å². The number of likely N-dealkylation sites (N-methyl/N-ethyl adjacent to an activating group) is 1. The summed E-state index contributed by atoms with van der Waals surface area (Å²) >= 11 is 0. The maximum Gasteiger partial charge on any atom is 0.236 e. The Morgan fingerprint density at radius 2 is 1.87 bits per heavy atom. The Bertz CT molecular complexity index is 1210. The highest BCUT2D eigenvalue weighted by atomic mass is 16.3. The molecule has 0 spiro atoms. The molecule has 1 aliphatic heterocycles. The van der Waals surface area contributed by atoms with Crippen LogP contribution in [0.4, 0.5) is 5.82 Å². The van der Waals surface area contributed by atoms with Crippen LogP contribution in [0, 0.1) is 0 Å². The van der Waals surface area contributed by atoms with E-state index in [1.165, 1.54) is 4.80 Å². The van der Waals surface area contributed by atoms with Gasteiger partial charge < -0.3 is 10.0 Å². The molecule has 3 aromatic heterocycles. The van der Waals surface area contributed by atoms with Gasteiger partial charge in [0.25, 0.3) is 0 Å². The minimum atomic E-state index is 0.0956. The second kappa shape index (κ2) is 7.35. The van der Waals surface area contributed by atoms with Crippen LogP contribution in [0.2, 0.25) is 0 Å². The zero-order valence-corrected chi connectivity index (χ0v) is 18.0. The summed E-state index contributed by atoms with van der Waals surface area (Å²) in [5, 5.41) is 18.8. The van der Waals surface area contributed by atoms with Crippen molar-refractivity contribution in [2.45, 2.75) is 26.3 Å². The van der Waals surface area contributed by atoms with Crippen molar-refractivity contribution in [3.8, 4) is 22.7 Å². The maximum atomic E-state index is 10.6. The molecule has 0 bridgehead atoms. The second-order valence-electron chi connectivity index (χ2n) is 8.45. The molecule has 1 aromatic carbocycles. The number of benzene rings is 1. The number of piperazine rings is 1. The van der Waals surface area contributed by atoms with Crippen LogP contribution in [0.1, 0.15) is 20.8 Å². The Morgan fingerprint density at radius 3 is 2.58 bits per heavy atom. The van der Waals surface area contributed by atoms with E-state index in [4.69, 9.17) is 4.98 Å². The SMILES string of the molecule is CCN1CCN(c2ccn3cc(-c4ccc(-n5nccn5)cc4O)nc3n2)CC1(C)C. The summed E-state index contributed by atoms with van der Waals surface area (Å²) in [5.41, 5.74) is 2.08. The van der Waals surface area contributed by atoms with Gasteiger partial charge in [-0.1, -0.05) is 6.92 Å². The van der Waals surface area contributed by atoms with E-state index < -0.39 is 0 Å². The van der Waals surface area contributed by atoms with E-state index in [-0.39, 0.29) is 11.3 Å². The van der Waals surface area contributed by atoms with E-state index in [2.05, 4.69) is 45.8 Å². The minimum absolute atomic E-state index is 0.0956. The van der Waals surface area contributed by atoms with Crippen LogP contribution in [-0.4, -0.2) is 71.1 Å². The number of hydrogen-bond donors (Lipinski definition) is 1. The third-order valence-corrected chi connectivity index (χ3v) is 6.00. The third-order valence-electron chi connectivity index (χ3n) is 6.00. The van der Waals surface area contributed by atoms with Gasteiger partial charge in [-0.15, -0.1) is 0 Å². The van der Waals surface area contributed by atoms with Crippen molar-refractivity contribution in [2.75, 3.05) is 31.1 Å². The molecular weight excluding hydrogens is 392 g/mol. The van der Waals surface area contributed by atoms with Crippen LogP contribution in [0.3, 0.4) is 0 Å². The second-order valence-corrected chi connectivity index (χ2v) is 8.45. The van der Waals surface area contributed by atoms with Gasteiger partial charge in [-0.05, 0) is 38.6 Å². The van der Waals surface area contributed by atoms with Crippen LogP contribution in [0.5, 0.6) is 5.75 Å². The molecule has 1 aliphatic rings. The molecule has 0 unspecified atom stereocenters. The third kappa shape index (κ3) is 3.50. The normalized spacial score (nSPS) is 16.8. The van der Waals surface area contributed by atoms with Gasteiger partial charge >= 0.3 is 0 Å². The van der Waals surface area contributed by atoms with Crippen LogP contribution in [0.15, 0.2) is 49.1 Å². The average Bonchev–Trinajstić information content (AvgIpc) is 3.42. The zero-order valence-electron chi connectivity index (χ0n) is 18.0. The Kier molecular flexibility index (Phi) is 4.62. The predicted octanol–water partition coefficient (Wildman–Crippen LogP) is 2.60. The van der Waals surface area contributed by atoms with Gasteiger partial charge in [0.1, 0.15) is 11.6 Å². The summed E-state index contributed by atoms with van der Waals surface area (Å²) in [7, 11) is 0. The number of hydrogen-bond acceptors (Lipinski definition) is 7. The topological polar surface area (TPSA) is 87.6 Å². The first-order valence-electron chi connectivity index (χ1n) is 10.5. The summed E-state index contributed by atoms with van der Waals surface area (Å²) < 4.78 is 1.88. The number of rotatable bonds is 4. The lowest BCUT2D eigenvalue weighted by Crippen LogP contribution is -2.59. The highest BCUT2D eigenvalue weighted by molar-refractivity contribution is 5.70. The van der Waals surface area contributed by atoms with Crippen molar-refractivity contribution in [1.82, 2.24) is 34.3 Å². The van der Waals surface area contributed by atoms with Crippen molar-refractivity contribution < 1.29 is 5.11 Å². The molecule has 0 saturated carbocycles. The molecule has 0 aliphatic carbocycles. The average molecular weight is 419 g/mol. The number of phenolic OH excluding ortho intramolecular Hbond substituents is 1. The fourth-order valence-corrected chi connectivity index (χ4v) is 4.35. The van der Waals surface area contributed by atoms with Crippen molar-refractivity contribution in [1.29, 1.82) is 0 Å². The van der Waals surface area contributed by atoms with E-state index in [1.807, 2.05) is 35.0 Å². The van der Waals surface area contributed by atoms with Crippen LogP contribution in [-0.2, 0) is 0 Å². The quantitative estimate of drug-likeness (QED) is 0.545. The number of aromatic nitrogens is 6.